The van der Waals surface area contributed by atoms with E-state index in [1.54, 1.807) is 31.4 Å². The Morgan fingerprint density at radius 2 is 1.87 bits per heavy atom. The first-order chi connectivity index (χ1) is 14.5. The summed E-state index contributed by atoms with van der Waals surface area (Å²) in [4.78, 5) is 26.4. The number of rotatable bonds is 4. The van der Waals surface area contributed by atoms with Gasteiger partial charge in [0.1, 0.15) is 5.75 Å². The van der Waals surface area contributed by atoms with Crippen LogP contribution < -0.4 is 15.4 Å². The maximum Gasteiger partial charge on any atom is 0.254 e. The highest BCUT2D eigenvalue weighted by molar-refractivity contribution is 6.30. The van der Waals surface area contributed by atoms with E-state index >= 15 is 0 Å². The van der Waals surface area contributed by atoms with Crippen LogP contribution in [0.25, 0.3) is 0 Å². The molecule has 0 aromatic heterocycles. The number of benzene rings is 2. The highest BCUT2D eigenvalue weighted by Crippen LogP contribution is 2.42. The molecule has 1 atom stereocenters. The number of anilines is 1. The molecule has 1 amide bonds. The van der Waals surface area contributed by atoms with Gasteiger partial charge < -0.3 is 15.4 Å². The number of hydrogen-bond donors (Lipinski definition) is 2. The van der Waals surface area contributed by atoms with E-state index in [-0.39, 0.29) is 11.7 Å². The second-order valence-electron chi connectivity index (χ2n) is 7.47. The lowest BCUT2D eigenvalue weighted by Gasteiger charge is -2.34. The van der Waals surface area contributed by atoms with Crippen LogP contribution in [0.1, 0.15) is 37.7 Å². The van der Waals surface area contributed by atoms with E-state index in [1.165, 1.54) is 0 Å². The predicted molar refractivity (Wildman–Crippen MR) is 118 cm³/mol. The molecule has 0 radical (unpaired) electrons. The third-order valence-electron chi connectivity index (χ3n) is 5.58. The zero-order valence-corrected chi connectivity index (χ0v) is 17.7. The topological polar surface area (TPSA) is 67.4 Å². The Balaban J connectivity index is 1.78. The monoisotopic (exact) mass is 422 g/mol. The van der Waals surface area contributed by atoms with Crippen LogP contribution in [0, 0.1) is 0 Å². The molecule has 154 valence electrons. The highest BCUT2D eigenvalue weighted by atomic mass is 35.5. The van der Waals surface area contributed by atoms with Gasteiger partial charge in [-0.25, -0.2) is 0 Å². The van der Waals surface area contributed by atoms with Gasteiger partial charge in [-0.05, 0) is 49.6 Å². The molecule has 5 nitrogen and oxygen atoms in total. The van der Waals surface area contributed by atoms with Gasteiger partial charge >= 0.3 is 0 Å². The second kappa shape index (κ2) is 8.36. The van der Waals surface area contributed by atoms with Gasteiger partial charge in [0.2, 0.25) is 0 Å². The lowest BCUT2D eigenvalue weighted by molar-refractivity contribution is -0.116. The fraction of sp³-hybridized carbons (Fsp3) is 0.250. The molecule has 2 N–H and O–H groups in total. The van der Waals surface area contributed by atoms with Crippen molar-refractivity contribution in [1.82, 2.24) is 5.32 Å². The molecule has 0 bridgehead atoms. The number of Topliss-reactive ketones (excluding diaryl/α,β-unsaturated/α-hetero) is 1. The Morgan fingerprint density at radius 3 is 2.60 bits per heavy atom. The van der Waals surface area contributed by atoms with Gasteiger partial charge in [0.15, 0.2) is 5.78 Å². The molecule has 2 aliphatic rings. The van der Waals surface area contributed by atoms with Crippen molar-refractivity contribution in [2.45, 2.75) is 32.1 Å². The van der Waals surface area contributed by atoms with E-state index in [4.69, 9.17) is 16.3 Å². The number of halogens is 1. The number of para-hydroxylation sites is 2. The van der Waals surface area contributed by atoms with E-state index in [2.05, 4.69) is 10.6 Å². The number of nitrogens with one attached hydrogen (secondary N) is 2. The Bertz CT molecular complexity index is 1070. The molecule has 0 saturated carbocycles. The summed E-state index contributed by atoms with van der Waals surface area (Å²) in [5.41, 5.74) is 4.31. The number of amides is 1. The number of carbonyl (C=O) groups is 2. The summed E-state index contributed by atoms with van der Waals surface area (Å²) in [7, 11) is 1.56. The summed E-state index contributed by atoms with van der Waals surface area (Å²) >= 11 is 6.09. The second-order valence-corrected chi connectivity index (χ2v) is 7.91. The van der Waals surface area contributed by atoms with Crippen molar-refractivity contribution in [2.24, 2.45) is 0 Å². The van der Waals surface area contributed by atoms with Crippen LogP contribution in [0.15, 0.2) is 71.1 Å². The van der Waals surface area contributed by atoms with Gasteiger partial charge in [0, 0.05) is 39.9 Å². The summed E-state index contributed by atoms with van der Waals surface area (Å²) in [6.45, 7) is 1.88. The van der Waals surface area contributed by atoms with E-state index in [1.807, 2.05) is 31.2 Å². The quantitative estimate of drug-likeness (QED) is 0.731. The van der Waals surface area contributed by atoms with Gasteiger partial charge in [-0.1, -0.05) is 35.9 Å². The van der Waals surface area contributed by atoms with Crippen LogP contribution in [-0.4, -0.2) is 18.8 Å². The van der Waals surface area contributed by atoms with Crippen molar-refractivity contribution >= 4 is 29.0 Å². The minimum Gasteiger partial charge on any atom is -0.495 e. The maximum atomic E-state index is 13.5. The molecule has 1 aliphatic heterocycles. The van der Waals surface area contributed by atoms with E-state index in [0.29, 0.717) is 34.0 Å². The van der Waals surface area contributed by atoms with Crippen LogP contribution in [0.4, 0.5) is 5.69 Å². The molecule has 1 unspecified atom stereocenters. The zero-order chi connectivity index (χ0) is 21.3. The molecule has 4 rings (SSSR count). The van der Waals surface area contributed by atoms with Crippen LogP contribution in [0.2, 0.25) is 5.02 Å². The van der Waals surface area contributed by atoms with Crippen molar-refractivity contribution in [2.75, 3.05) is 12.4 Å². The van der Waals surface area contributed by atoms with Gasteiger partial charge in [0.05, 0.1) is 12.8 Å². The Kier molecular flexibility index (Phi) is 5.64. The summed E-state index contributed by atoms with van der Waals surface area (Å²) in [5.74, 6) is -0.0567. The summed E-state index contributed by atoms with van der Waals surface area (Å²) in [5, 5.41) is 6.90. The summed E-state index contributed by atoms with van der Waals surface area (Å²) < 4.78 is 5.36. The number of ketones is 1. The predicted octanol–water partition coefficient (Wildman–Crippen LogP) is 4.96. The number of carbonyl (C=O) groups excluding carboxylic acids is 2. The molecular weight excluding hydrogens is 400 g/mol. The van der Waals surface area contributed by atoms with E-state index in [9.17, 15) is 9.59 Å². The van der Waals surface area contributed by atoms with Crippen molar-refractivity contribution in [3.05, 3.63) is 81.7 Å². The first-order valence-corrected chi connectivity index (χ1v) is 10.3. The Hall–Kier alpha value is -3.05. The Morgan fingerprint density at radius 1 is 1.13 bits per heavy atom. The number of dihydropyridines is 1. The average molecular weight is 423 g/mol. The lowest BCUT2D eigenvalue weighted by atomic mass is 9.75. The number of allylic oxidation sites excluding steroid dienone is 3. The van der Waals surface area contributed by atoms with Gasteiger partial charge in [-0.2, -0.15) is 0 Å². The number of ether oxygens (including phenoxy) is 1. The third kappa shape index (κ3) is 3.73. The molecule has 6 heteroatoms. The van der Waals surface area contributed by atoms with Crippen LogP contribution >= 0.6 is 11.6 Å². The molecule has 0 saturated heterocycles. The number of hydrogen-bond acceptors (Lipinski definition) is 4. The minimum absolute atomic E-state index is 0.0822. The molecular formula is C24H23ClN2O3. The smallest absolute Gasteiger partial charge is 0.254 e. The van der Waals surface area contributed by atoms with E-state index < -0.39 is 5.92 Å². The summed E-state index contributed by atoms with van der Waals surface area (Å²) in [6.07, 6.45) is 2.10. The molecule has 0 spiro atoms. The third-order valence-corrected chi connectivity index (χ3v) is 5.83. The molecule has 30 heavy (non-hydrogen) atoms. The first kappa shape index (κ1) is 20.2. The first-order valence-electron chi connectivity index (χ1n) is 9.93. The Labute approximate surface area is 180 Å². The maximum absolute atomic E-state index is 13.5. The molecule has 0 fully saturated rings. The molecule has 1 heterocycles. The highest BCUT2D eigenvalue weighted by Gasteiger charge is 2.38. The normalized spacial score (nSPS) is 18.6. The van der Waals surface area contributed by atoms with Gasteiger partial charge in [-0.15, -0.1) is 0 Å². The van der Waals surface area contributed by atoms with Crippen LogP contribution in [0.3, 0.4) is 0 Å². The van der Waals surface area contributed by atoms with Crippen molar-refractivity contribution < 1.29 is 14.3 Å². The fourth-order valence-electron chi connectivity index (χ4n) is 4.21. The fourth-order valence-corrected chi connectivity index (χ4v) is 4.34. The number of methoxy groups -OCH3 is 1. The van der Waals surface area contributed by atoms with Crippen LogP contribution in [-0.2, 0) is 9.59 Å². The van der Waals surface area contributed by atoms with Gasteiger partial charge in [0.25, 0.3) is 5.91 Å². The van der Waals surface area contributed by atoms with Crippen molar-refractivity contribution in [1.29, 1.82) is 0 Å². The summed E-state index contributed by atoms with van der Waals surface area (Å²) in [6, 6.07) is 14.6. The van der Waals surface area contributed by atoms with E-state index in [0.717, 1.165) is 29.8 Å². The standard InChI is InChI=1S/C24H23ClN2O3/c1-14-21(24(29)27-17-6-3-4-9-20(17)30-2)22(15-10-12-16(25)13-11-15)23-18(26-14)7-5-8-19(23)28/h3-4,6,9-13,22,26H,5,7-8H2,1-2H3,(H,27,29). The molecule has 2 aromatic rings. The molecule has 1 aliphatic carbocycles. The van der Waals surface area contributed by atoms with Crippen molar-refractivity contribution in [3.63, 3.8) is 0 Å². The largest absolute Gasteiger partial charge is 0.495 e. The SMILES string of the molecule is COc1ccccc1NC(=O)C1=C(C)NC2=C(C(=O)CCC2)C1c1ccc(Cl)cc1. The van der Waals surface area contributed by atoms with Gasteiger partial charge in [-0.3, -0.25) is 9.59 Å². The minimum atomic E-state index is -0.443. The van der Waals surface area contributed by atoms with Crippen LogP contribution in [0.5, 0.6) is 5.75 Å². The lowest BCUT2D eigenvalue weighted by Crippen LogP contribution is -2.35. The average Bonchev–Trinajstić information content (AvgIpc) is 2.74. The zero-order valence-electron chi connectivity index (χ0n) is 16.9. The molecule has 2 aromatic carbocycles. The van der Waals surface area contributed by atoms with Crippen molar-refractivity contribution in [3.8, 4) is 5.75 Å².